The van der Waals surface area contributed by atoms with E-state index in [0.29, 0.717) is 6.54 Å². The highest BCUT2D eigenvalue weighted by molar-refractivity contribution is 5.74. The minimum Gasteiger partial charge on any atom is -0.481 e. The van der Waals surface area contributed by atoms with Crippen LogP contribution in [0.1, 0.15) is 64.1 Å². The zero-order valence-electron chi connectivity index (χ0n) is 12.0. The smallest absolute Gasteiger partial charge is 0.311 e. The first-order valence-corrected chi connectivity index (χ1v) is 7.56. The minimum atomic E-state index is -0.701. The molecule has 0 spiro atoms. The summed E-state index contributed by atoms with van der Waals surface area (Å²) in [6, 6.07) is 0. The maximum absolute atomic E-state index is 11.7. The third-order valence-electron chi connectivity index (χ3n) is 5.25. The van der Waals surface area contributed by atoms with Crippen LogP contribution in [0.2, 0.25) is 0 Å². The molecule has 0 aromatic carbocycles. The average molecular weight is 278 g/mol. The molecule has 6 heteroatoms. The fourth-order valence-electron chi connectivity index (χ4n) is 3.90. The Kier molecular flexibility index (Phi) is 3.26. The third kappa shape index (κ3) is 2.11. The van der Waals surface area contributed by atoms with Crippen molar-refractivity contribution < 1.29 is 9.90 Å². The lowest BCUT2D eigenvalue weighted by atomic mass is 9.84. The molecule has 2 fully saturated rings. The van der Waals surface area contributed by atoms with Gasteiger partial charge in [0.2, 0.25) is 0 Å². The molecular formula is C14H22N4O2. The molecule has 20 heavy (non-hydrogen) atoms. The highest BCUT2D eigenvalue weighted by Gasteiger charge is 2.44. The Bertz CT molecular complexity index is 499. The predicted molar refractivity (Wildman–Crippen MR) is 72.2 cm³/mol. The van der Waals surface area contributed by atoms with Crippen molar-refractivity contribution in [2.45, 2.75) is 70.3 Å². The van der Waals surface area contributed by atoms with Gasteiger partial charge in [-0.25, -0.2) is 4.68 Å². The van der Waals surface area contributed by atoms with Crippen molar-refractivity contribution in [1.29, 1.82) is 0 Å². The van der Waals surface area contributed by atoms with Gasteiger partial charge in [-0.15, -0.1) is 5.10 Å². The maximum atomic E-state index is 11.7. The van der Waals surface area contributed by atoms with Crippen molar-refractivity contribution >= 4 is 5.97 Å². The van der Waals surface area contributed by atoms with Crippen molar-refractivity contribution in [2.75, 3.05) is 0 Å². The van der Waals surface area contributed by atoms with Crippen LogP contribution in [0.3, 0.4) is 0 Å². The molecule has 0 saturated heterocycles. The summed E-state index contributed by atoms with van der Waals surface area (Å²) in [5, 5.41) is 21.7. The molecule has 1 heterocycles. The number of hydrogen-bond acceptors (Lipinski definition) is 4. The normalized spacial score (nSPS) is 24.1. The van der Waals surface area contributed by atoms with Gasteiger partial charge < -0.3 is 5.11 Å². The number of tetrazole rings is 1. The lowest BCUT2D eigenvalue weighted by molar-refractivity contribution is -0.149. The number of nitrogens with zero attached hydrogens (tertiary/aromatic N) is 4. The lowest BCUT2D eigenvalue weighted by Gasteiger charge is -2.27. The van der Waals surface area contributed by atoms with E-state index in [2.05, 4.69) is 22.4 Å². The Labute approximate surface area is 118 Å². The SMILES string of the molecule is CC1(c2nnnn2CC2(C(=O)O)CCCC2)CCCC1. The summed E-state index contributed by atoms with van der Waals surface area (Å²) in [7, 11) is 0. The van der Waals surface area contributed by atoms with E-state index in [1.807, 2.05) is 0 Å². The molecule has 0 unspecified atom stereocenters. The second kappa shape index (κ2) is 4.82. The minimum absolute atomic E-state index is 0.0157. The van der Waals surface area contributed by atoms with E-state index in [9.17, 15) is 9.90 Å². The third-order valence-corrected chi connectivity index (χ3v) is 5.25. The molecule has 0 radical (unpaired) electrons. The van der Waals surface area contributed by atoms with Gasteiger partial charge in [0.15, 0.2) is 5.82 Å². The van der Waals surface area contributed by atoms with E-state index in [1.165, 1.54) is 12.8 Å². The Morgan fingerprint density at radius 1 is 1.20 bits per heavy atom. The largest absolute Gasteiger partial charge is 0.481 e. The van der Waals surface area contributed by atoms with Crippen molar-refractivity contribution in [1.82, 2.24) is 20.2 Å². The molecule has 1 N–H and O–H groups in total. The number of carboxylic acid groups (broad SMARTS) is 1. The van der Waals surface area contributed by atoms with E-state index in [4.69, 9.17) is 0 Å². The van der Waals surface area contributed by atoms with Gasteiger partial charge in [0.25, 0.3) is 0 Å². The van der Waals surface area contributed by atoms with Crippen LogP contribution in [0.25, 0.3) is 0 Å². The molecule has 2 aliphatic rings. The zero-order chi connectivity index (χ0) is 14.2. The summed E-state index contributed by atoms with van der Waals surface area (Å²) in [5.41, 5.74) is -0.652. The second-order valence-electron chi connectivity index (χ2n) is 6.72. The van der Waals surface area contributed by atoms with Crippen LogP contribution in [0, 0.1) is 5.41 Å². The van der Waals surface area contributed by atoms with E-state index < -0.39 is 11.4 Å². The number of aliphatic carboxylic acids is 1. The topological polar surface area (TPSA) is 80.9 Å². The molecule has 2 saturated carbocycles. The Morgan fingerprint density at radius 2 is 1.80 bits per heavy atom. The highest BCUT2D eigenvalue weighted by atomic mass is 16.4. The van der Waals surface area contributed by atoms with E-state index in [-0.39, 0.29) is 5.41 Å². The molecule has 0 amide bonds. The first-order chi connectivity index (χ1) is 9.56. The maximum Gasteiger partial charge on any atom is 0.311 e. The van der Waals surface area contributed by atoms with Gasteiger partial charge in [-0.1, -0.05) is 32.6 Å². The standard InChI is InChI=1S/C14H22N4O2/c1-13(6-2-3-7-13)11-15-16-17-18(11)10-14(12(19)20)8-4-5-9-14/h2-10H2,1H3,(H,19,20). The number of hydrogen-bond donors (Lipinski definition) is 1. The van der Waals surface area contributed by atoms with E-state index in [0.717, 1.165) is 44.3 Å². The van der Waals surface area contributed by atoms with Crippen LogP contribution in [-0.4, -0.2) is 31.3 Å². The van der Waals surface area contributed by atoms with Gasteiger partial charge in [0, 0.05) is 5.41 Å². The van der Waals surface area contributed by atoms with Gasteiger partial charge in [0.05, 0.1) is 12.0 Å². The summed E-state index contributed by atoms with van der Waals surface area (Å²) in [6.45, 7) is 2.62. The molecule has 0 atom stereocenters. The van der Waals surface area contributed by atoms with Gasteiger partial charge in [0.1, 0.15) is 0 Å². The second-order valence-corrected chi connectivity index (χ2v) is 6.72. The molecule has 3 rings (SSSR count). The van der Waals surface area contributed by atoms with Crippen LogP contribution < -0.4 is 0 Å². The predicted octanol–water partition coefficient (Wildman–Crippen LogP) is 2.15. The van der Waals surface area contributed by atoms with Crippen molar-refractivity contribution in [2.24, 2.45) is 5.41 Å². The van der Waals surface area contributed by atoms with E-state index in [1.54, 1.807) is 4.68 Å². The summed E-state index contributed by atoms with van der Waals surface area (Å²) in [5.74, 6) is 0.176. The van der Waals surface area contributed by atoms with Crippen LogP contribution in [-0.2, 0) is 16.8 Å². The molecule has 6 nitrogen and oxygen atoms in total. The average Bonchev–Trinajstić information content (AvgIpc) is 3.10. The van der Waals surface area contributed by atoms with Crippen LogP contribution in [0.15, 0.2) is 0 Å². The Morgan fingerprint density at radius 3 is 2.40 bits per heavy atom. The van der Waals surface area contributed by atoms with Gasteiger partial charge in [-0.05, 0) is 36.1 Å². The first-order valence-electron chi connectivity index (χ1n) is 7.56. The van der Waals surface area contributed by atoms with Crippen LogP contribution >= 0.6 is 0 Å². The van der Waals surface area contributed by atoms with Crippen molar-refractivity contribution in [3.63, 3.8) is 0 Å². The summed E-state index contributed by atoms with van der Waals surface area (Å²) in [6.07, 6.45) is 8.03. The number of rotatable bonds is 4. The Balaban J connectivity index is 1.88. The molecule has 1 aromatic heterocycles. The molecular weight excluding hydrogens is 256 g/mol. The fraction of sp³-hybridized carbons (Fsp3) is 0.857. The van der Waals surface area contributed by atoms with Gasteiger partial charge in [-0.2, -0.15) is 0 Å². The van der Waals surface area contributed by atoms with Crippen molar-refractivity contribution in [3.05, 3.63) is 5.82 Å². The monoisotopic (exact) mass is 278 g/mol. The van der Waals surface area contributed by atoms with Crippen molar-refractivity contribution in [3.8, 4) is 0 Å². The summed E-state index contributed by atoms with van der Waals surface area (Å²) < 4.78 is 1.77. The number of carboxylic acids is 1. The molecule has 1 aromatic rings. The van der Waals surface area contributed by atoms with Gasteiger partial charge >= 0.3 is 5.97 Å². The molecule has 0 aliphatic heterocycles. The quantitative estimate of drug-likeness (QED) is 0.912. The summed E-state index contributed by atoms with van der Waals surface area (Å²) in [4.78, 5) is 11.7. The van der Waals surface area contributed by atoms with Crippen LogP contribution in [0.4, 0.5) is 0 Å². The molecule has 2 aliphatic carbocycles. The van der Waals surface area contributed by atoms with E-state index >= 15 is 0 Å². The summed E-state index contributed by atoms with van der Waals surface area (Å²) >= 11 is 0. The van der Waals surface area contributed by atoms with Gasteiger partial charge in [-0.3, -0.25) is 4.79 Å². The zero-order valence-corrected chi connectivity index (χ0v) is 12.0. The fourth-order valence-corrected chi connectivity index (χ4v) is 3.90. The lowest BCUT2D eigenvalue weighted by Crippen LogP contribution is -2.35. The first kappa shape index (κ1) is 13.5. The molecule has 0 bridgehead atoms. The Hall–Kier alpha value is -1.46. The number of aromatic nitrogens is 4. The number of carbonyl (C=O) groups is 1. The van der Waals surface area contributed by atoms with Crippen LogP contribution in [0.5, 0.6) is 0 Å². The highest BCUT2D eigenvalue weighted by Crippen LogP contribution is 2.43. The molecule has 110 valence electrons.